The van der Waals surface area contributed by atoms with Gasteiger partial charge in [0.15, 0.2) is 0 Å². The molecule has 0 saturated carbocycles. The fourth-order valence-electron chi connectivity index (χ4n) is 1.14. The number of pyridine rings is 1. The molecule has 0 atom stereocenters. The highest BCUT2D eigenvalue weighted by Crippen LogP contribution is 2.32. The molecule has 0 radical (unpaired) electrons. The Bertz CT molecular complexity index is 503. The van der Waals surface area contributed by atoms with Crippen molar-refractivity contribution in [2.75, 3.05) is 0 Å². The summed E-state index contributed by atoms with van der Waals surface area (Å²) < 4.78 is 16.0. The number of fused-ring (bicyclic) bond motifs is 1. The van der Waals surface area contributed by atoms with Crippen LogP contribution in [0.1, 0.15) is 0 Å². The van der Waals surface area contributed by atoms with Gasteiger partial charge < -0.3 is 4.62 Å². The van der Waals surface area contributed by atoms with Crippen molar-refractivity contribution in [2.45, 2.75) is 0 Å². The molecule has 2 rings (SSSR count). The van der Waals surface area contributed by atoms with E-state index in [1.54, 1.807) is 18.3 Å². The van der Waals surface area contributed by atoms with Gasteiger partial charge in [-0.2, -0.15) is 4.73 Å². The lowest BCUT2D eigenvalue weighted by Crippen LogP contribution is -2.06. The fourth-order valence-corrected chi connectivity index (χ4v) is 1.51. The first kappa shape index (κ1) is 9.21. The fraction of sp³-hybridized carbons (Fsp3) is 0. The van der Waals surface area contributed by atoms with Crippen LogP contribution in [0.15, 0.2) is 30.7 Å². The molecule has 14 heavy (non-hydrogen) atoms. The Balaban J connectivity index is 2.49. The summed E-state index contributed by atoms with van der Waals surface area (Å²) in [6.07, 6.45) is 4.47. The van der Waals surface area contributed by atoms with E-state index in [2.05, 4.69) is 9.61 Å². The van der Waals surface area contributed by atoms with Crippen LogP contribution in [0.5, 0.6) is 0 Å². The van der Waals surface area contributed by atoms with Crippen LogP contribution >= 0.6 is 7.82 Å². The van der Waals surface area contributed by atoms with E-state index in [9.17, 15) is 4.57 Å². The van der Waals surface area contributed by atoms with Crippen molar-refractivity contribution in [1.82, 2.24) is 9.71 Å². The second-order valence-corrected chi connectivity index (χ2v) is 3.79. The number of phosphoric acid groups is 1. The second-order valence-electron chi connectivity index (χ2n) is 2.65. The number of hydrogen-bond acceptors (Lipinski definition) is 3. The van der Waals surface area contributed by atoms with E-state index >= 15 is 0 Å². The Kier molecular flexibility index (Phi) is 2.03. The minimum atomic E-state index is -4.52. The molecule has 2 aromatic rings. The Labute approximate surface area is 79.0 Å². The summed E-state index contributed by atoms with van der Waals surface area (Å²) >= 11 is 0. The summed E-state index contributed by atoms with van der Waals surface area (Å²) in [5.74, 6) is 0. The van der Waals surface area contributed by atoms with Gasteiger partial charge in [-0.15, -0.1) is 0 Å². The molecule has 7 heteroatoms. The second kappa shape index (κ2) is 3.09. The normalized spacial score (nSPS) is 11.9. The zero-order valence-electron chi connectivity index (χ0n) is 6.94. The van der Waals surface area contributed by atoms with Gasteiger partial charge in [0.2, 0.25) is 0 Å². The van der Waals surface area contributed by atoms with E-state index < -0.39 is 7.82 Å². The lowest BCUT2D eigenvalue weighted by molar-refractivity contribution is 0.185. The van der Waals surface area contributed by atoms with E-state index in [1.807, 2.05) is 0 Å². The summed E-state index contributed by atoms with van der Waals surface area (Å²) in [6.45, 7) is 0. The van der Waals surface area contributed by atoms with Crippen LogP contribution < -0.4 is 4.62 Å². The van der Waals surface area contributed by atoms with Crippen LogP contribution in [-0.4, -0.2) is 19.5 Å². The van der Waals surface area contributed by atoms with Crippen molar-refractivity contribution < 1.29 is 19.0 Å². The maximum absolute atomic E-state index is 10.6. The molecule has 0 aromatic carbocycles. The van der Waals surface area contributed by atoms with Crippen LogP contribution in [0, 0.1) is 0 Å². The SMILES string of the molecule is O=P(O)(O)On1ccc2ccncc21. The van der Waals surface area contributed by atoms with Crippen LogP contribution in [0.3, 0.4) is 0 Å². The predicted octanol–water partition coefficient (Wildman–Crippen LogP) is 0.558. The minimum absolute atomic E-state index is 0.510. The molecule has 0 bridgehead atoms. The predicted molar refractivity (Wildman–Crippen MR) is 48.4 cm³/mol. The number of hydrogen-bond donors (Lipinski definition) is 2. The minimum Gasteiger partial charge on any atom is -0.311 e. The molecule has 0 saturated heterocycles. The Morgan fingerprint density at radius 3 is 2.93 bits per heavy atom. The Morgan fingerprint density at radius 1 is 1.43 bits per heavy atom. The third-order valence-corrected chi connectivity index (χ3v) is 2.04. The summed E-state index contributed by atoms with van der Waals surface area (Å²) in [4.78, 5) is 21.0. The van der Waals surface area contributed by atoms with Gasteiger partial charge in [0.25, 0.3) is 0 Å². The highest BCUT2D eigenvalue weighted by atomic mass is 31.2. The van der Waals surface area contributed by atoms with E-state index in [0.29, 0.717) is 5.52 Å². The lowest BCUT2D eigenvalue weighted by Gasteiger charge is -2.07. The van der Waals surface area contributed by atoms with Gasteiger partial charge in [-0.1, -0.05) is 0 Å². The zero-order chi connectivity index (χ0) is 10.2. The average molecular weight is 214 g/mol. The molecular formula is C7H7N2O4P. The van der Waals surface area contributed by atoms with Crippen LogP contribution in [0.25, 0.3) is 10.9 Å². The highest BCUT2D eigenvalue weighted by molar-refractivity contribution is 7.46. The Morgan fingerprint density at radius 2 is 2.21 bits per heavy atom. The van der Waals surface area contributed by atoms with Crippen molar-refractivity contribution in [3.63, 3.8) is 0 Å². The van der Waals surface area contributed by atoms with Crippen molar-refractivity contribution in [1.29, 1.82) is 0 Å². The van der Waals surface area contributed by atoms with E-state index in [1.165, 1.54) is 12.4 Å². The van der Waals surface area contributed by atoms with E-state index in [4.69, 9.17) is 9.79 Å². The molecule has 6 nitrogen and oxygen atoms in total. The lowest BCUT2D eigenvalue weighted by atomic mass is 10.3. The topological polar surface area (TPSA) is 84.6 Å². The van der Waals surface area contributed by atoms with Crippen molar-refractivity contribution in [3.05, 3.63) is 30.7 Å². The van der Waals surface area contributed by atoms with Gasteiger partial charge >= 0.3 is 7.82 Å². The van der Waals surface area contributed by atoms with Gasteiger partial charge in [0.05, 0.1) is 6.20 Å². The summed E-state index contributed by atoms with van der Waals surface area (Å²) in [6, 6.07) is 3.39. The van der Waals surface area contributed by atoms with Gasteiger partial charge in [-0.3, -0.25) is 14.8 Å². The number of aromatic nitrogens is 2. The van der Waals surface area contributed by atoms with Crippen molar-refractivity contribution in [2.24, 2.45) is 0 Å². The average Bonchev–Trinajstić information content (AvgIpc) is 2.47. The molecule has 0 amide bonds. The Hall–Kier alpha value is -1.36. The van der Waals surface area contributed by atoms with Crippen molar-refractivity contribution >= 4 is 18.7 Å². The summed E-state index contributed by atoms with van der Waals surface area (Å²) in [5, 5.41) is 0.799. The maximum atomic E-state index is 10.6. The third-order valence-electron chi connectivity index (χ3n) is 1.65. The van der Waals surface area contributed by atoms with Gasteiger partial charge in [0, 0.05) is 17.8 Å². The molecule has 2 N–H and O–H groups in total. The largest absolute Gasteiger partial charge is 0.543 e. The smallest absolute Gasteiger partial charge is 0.311 e. The molecule has 0 spiro atoms. The summed E-state index contributed by atoms with van der Waals surface area (Å²) in [5.41, 5.74) is 0.510. The van der Waals surface area contributed by atoms with E-state index in [0.717, 1.165) is 10.1 Å². The third kappa shape index (κ3) is 1.77. The molecular weight excluding hydrogens is 207 g/mol. The first-order valence-electron chi connectivity index (χ1n) is 3.73. The number of rotatable bonds is 2. The van der Waals surface area contributed by atoms with Gasteiger partial charge in [-0.05, 0) is 12.1 Å². The molecule has 2 heterocycles. The first-order chi connectivity index (χ1) is 6.56. The summed E-state index contributed by atoms with van der Waals surface area (Å²) in [7, 11) is -4.52. The van der Waals surface area contributed by atoms with Crippen molar-refractivity contribution in [3.8, 4) is 0 Å². The molecule has 0 aliphatic heterocycles. The van der Waals surface area contributed by atoms with Crippen LogP contribution in [0.4, 0.5) is 0 Å². The molecule has 74 valence electrons. The molecule has 0 unspecified atom stereocenters. The molecule has 0 fully saturated rings. The first-order valence-corrected chi connectivity index (χ1v) is 5.26. The zero-order valence-corrected chi connectivity index (χ0v) is 7.83. The molecule has 0 aliphatic carbocycles. The van der Waals surface area contributed by atoms with Crippen LogP contribution in [-0.2, 0) is 4.57 Å². The van der Waals surface area contributed by atoms with E-state index in [-0.39, 0.29) is 0 Å². The van der Waals surface area contributed by atoms with Gasteiger partial charge in [-0.25, -0.2) is 4.57 Å². The van der Waals surface area contributed by atoms with Gasteiger partial charge in [0.1, 0.15) is 5.52 Å². The quantitative estimate of drug-likeness (QED) is 0.713. The molecule has 0 aliphatic rings. The van der Waals surface area contributed by atoms with Crippen LogP contribution in [0.2, 0.25) is 0 Å². The number of nitrogens with zero attached hydrogens (tertiary/aromatic N) is 2. The maximum Gasteiger partial charge on any atom is 0.543 e. The standard InChI is InChI=1S/C7H7N2O4P/c10-14(11,12)13-9-4-2-6-1-3-8-5-7(6)9/h1-5H,(H2,10,11,12). The highest BCUT2D eigenvalue weighted by Gasteiger charge is 2.17. The monoisotopic (exact) mass is 214 g/mol. The molecule has 2 aromatic heterocycles.